The van der Waals surface area contributed by atoms with Crippen LogP contribution < -0.4 is 5.32 Å². The van der Waals surface area contributed by atoms with Crippen LogP contribution in [0.2, 0.25) is 5.02 Å². The van der Waals surface area contributed by atoms with E-state index in [0.717, 1.165) is 37.4 Å². The van der Waals surface area contributed by atoms with Gasteiger partial charge in [0.25, 0.3) is 0 Å². The average molecular weight is 296 g/mol. The number of aryl methyl sites for hydroxylation is 1. The van der Waals surface area contributed by atoms with Crippen LogP contribution >= 0.6 is 11.6 Å². The predicted octanol–water partition coefficient (Wildman–Crippen LogP) is 4.13. The third kappa shape index (κ3) is 4.76. The Hall–Kier alpha value is -0.570. The van der Waals surface area contributed by atoms with Crippen molar-refractivity contribution < 1.29 is 4.74 Å². The maximum absolute atomic E-state index is 6.35. The van der Waals surface area contributed by atoms with Crippen molar-refractivity contribution in [2.75, 3.05) is 13.2 Å². The fourth-order valence-electron chi connectivity index (χ4n) is 2.91. The smallest absolute Gasteiger partial charge is 0.0576 e. The van der Waals surface area contributed by atoms with Crippen molar-refractivity contribution in [1.29, 1.82) is 0 Å². The quantitative estimate of drug-likeness (QED) is 0.817. The molecule has 20 heavy (non-hydrogen) atoms. The van der Waals surface area contributed by atoms with Crippen LogP contribution in [-0.2, 0) is 11.2 Å². The molecule has 0 amide bonds. The Morgan fingerprint density at radius 1 is 1.45 bits per heavy atom. The summed E-state index contributed by atoms with van der Waals surface area (Å²) >= 11 is 6.35. The van der Waals surface area contributed by atoms with Crippen LogP contribution in [0.5, 0.6) is 0 Å². The fourth-order valence-corrected chi connectivity index (χ4v) is 3.22. The number of hydrogen-bond donors (Lipinski definition) is 1. The van der Waals surface area contributed by atoms with Crippen molar-refractivity contribution in [2.24, 2.45) is 0 Å². The van der Waals surface area contributed by atoms with Gasteiger partial charge in [-0.05, 0) is 62.8 Å². The molecule has 2 atom stereocenters. The number of rotatable bonds is 7. The highest BCUT2D eigenvalue weighted by molar-refractivity contribution is 6.31. The summed E-state index contributed by atoms with van der Waals surface area (Å²) in [6.07, 6.45) is 6.23. The van der Waals surface area contributed by atoms with E-state index in [1.807, 2.05) is 0 Å². The highest BCUT2D eigenvalue weighted by Gasteiger charge is 2.18. The monoisotopic (exact) mass is 295 g/mol. The normalized spacial score (nSPS) is 20.2. The molecule has 0 bridgehead atoms. The van der Waals surface area contributed by atoms with Crippen molar-refractivity contribution in [3.63, 3.8) is 0 Å². The van der Waals surface area contributed by atoms with Crippen molar-refractivity contribution in [3.05, 3.63) is 34.3 Å². The maximum atomic E-state index is 6.35. The van der Waals surface area contributed by atoms with Gasteiger partial charge in [-0.25, -0.2) is 0 Å². The van der Waals surface area contributed by atoms with Crippen molar-refractivity contribution >= 4 is 11.6 Å². The van der Waals surface area contributed by atoms with Crippen LogP contribution in [0.1, 0.15) is 43.7 Å². The second kappa shape index (κ2) is 8.02. The van der Waals surface area contributed by atoms with E-state index >= 15 is 0 Å². The number of likely N-dealkylation sites (N-methyl/N-ethyl adjacent to an activating group) is 1. The van der Waals surface area contributed by atoms with Crippen LogP contribution in [0.15, 0.2) is 18.2 Å². The summed E-state index contributed by atoms with van der Waals surface area (Å²) in [5, 5.41) is 4.48. The molecule has 2 nitrogen and oxygen atoms in total. The average Bonchev–Trinajstić information content (AvgIpc) is 2.92. The number of hydrogen-bond acceptors (Lipinski definition) is 2. The van der Waals surface area contributed by atoms with E-state index < -0.39 is 0 Å². The van der Waals surface area contributed by atoms with Gasteiger partial charge in [-0.2, -0.15) is 0 Å². The number of benzene rings is 1. The highest BCUT2D eigenvalue weighted by Crippen LogP contribution is 2.22. The van der Waals surface area contributed by atoms with E-state index in [9.17, 15) is 0 Å². The van der Waals surface area contributed by atoms with Gasteiger partial charge in [-0.3, -0.25) is 0 Å². The van der Waals surface area contributed by atoms with Crippen molar-refractivity contribution in [1.82, 2.24) is 5.32 Å². The molecular formula is C17H26ClNO. The van der Waals surface area contributed by atoms with Gasteiger partial charge in [0, 0.05) is 17.7 Å². The molecule has 1 aliphatic heterocycles. The minimum absolute atomic E-state index is 0.477. The molecule has 3 heteroatoms. The molecule has 1 aliphatic rings. The molecule has 2 unspecified atom stereocenters. The SMILES string of the molecule is CCNC(CCC1CCCO1)Cc1ccc(C)cc1Cl. The van der Waals surface area contributed by atoms with Crippen LogP contribution in [0.3, 0.4) is 0 Å². The molecule has 112 valence electrons. The van der Waals surface area contributed by atoms with Gasteiger partial charge < -0.3 is 10.1 Å². The zero-order valence-electron chi connectivity index (χ0n) is 12.6. The number of nitrogens with one attached hydrogen (secondary N) is 1. The second-order valence-electron chi connectivity index (χ2n) is 5.77. The molecule has 1 heterocycles. The van der Waals surface area contributed by atoms with Gasteiger partial charge >= 0.3 is 0 Å². The fraction of sp³-hybridized carbons (Fsp3) is 0.647. The van der Waals surface area contributed by atoms with E-state index in [1.165, 1.54) is 24.0 Å². The largest absolute Gasteiger partial charge is 0.378 e. The van der Waals surface area contributed by atoms with E-state index in [-0.39, 0.29) is 0 Å². The van der Waals surface area contributed by atoms with Crippen molar-refractivity contribution in [3.8, 4) is 0 Å². The van der Waals surface area contributed by atoms with Gasteiger partial charge in [0.1, 0.15) is 0 Å². The summed E-state index contributed by atoms with van der Waals surface area (Å²) in [5.74, 6) is 0. The van der Waals surface area contributed by atoms with Crippen molar-refractivity contribution in [2.45, 2.75) is 58.1 Å². The standard InChI is InChI=1S/C17H26ClNO/c1-3-19-15(8-9-16-5-4-10-20-16)12-14-7-6-13(2)11-17(14)18/h6-7,11,15-16,19H,3-5,8-10,12H2,1-2H3. The highest BCUT2D eigenvalue weighted by atomic mass is 35.5. The van der Waals surface area contributed by atoms with Crippen LogP contribution in [0.25, 0.3) is 0 Å². The molecule has 1 fully saturated rings. The number of halogens is 1. The van der Waals surface area contributed by atoms with E-state index in [0.29, 0.717) is 12.1 Å². The van der Waals surface area contributed by atoms with Crippen LogP contribution in [-0.4, -0.2) is 25.3 Å². The van der Waals surface area contributed by atoms with E-state index in [4.69, 9.17) is 16.3 Å². The predicted molar refractivity (Wildman–Crippen MR) is 85.6 cm³/mol. The Balaban J connectivity index is 1.90. The first-order chi connectivity index (χ1) is 9.69. The Bertz CT molecular complexity index is 415. The first-order valence-electron chi connectivity index (χ1n) is 7.79. The van der Waals surface area contributed by atoms with E-state index in [2.05, 4.69) is 37.4 Å². The minimum atomic E-state index is 0.477. The minimum Gasteiger partial charge on any atom is -0.378 e. The summed E-state index contributed by atoms with van der Waals surface area (Å²) in [6.45, 7) is 6.19. The lowest BCUT2D eigenvalue weighted by molar-refractivity contribution is 0.0996. The van der Waals surface area contributed by atoms with Gasteiger partial charge in [-0.15, -0.1) is 0 Å². The Morgan fingerprint density at radius 3 is 2.95 bits per heavy atom. The molecule has 1 saturated heterocycles. The van der Waals surface area contributed by atoms with Gasteiger partial charge in [0.2, 0.25) is 0 Å². The third-order valence-corrected chi connectivity index (χ3v) is 4.38. The zero-order valence-corrected chi connectivity index (χ0v) is 13.4. The molecule has 0 spiro atoms. The summed E-state index contributed by atoms with van der Waals surface area (Å²) in [5.41, 5.74) is 2.47. The summed E-state index contributed by atoms with van der Waals surface area (Å²) in [6, 6.07) is 6.85. The molecule has 0 aliphatic carbocycles. The second-order valence-corrected chi connectivity index (χ2v) is 6.17. The molecule has 1 aromatic carbocycles. The van der Waals surface area contributed by atoms with E-state index in [1.54, 1.807) is 0 Å². The molecule has 0 aromatic heterocycles. The summed E-state index contributed by atoms with van der Waals surface area (Å²) in [4.78, 5) is 0. The van der Waals surface area contributed by atoms with Crippen LogP contribution in [0, 0.1) is 6.92 Å². The lowest BCUT2D eigenvalue weighted by Gasteiger charge is -2.20. The van der Waals surface area contributed by atoms with Gasteiger partial charge in [0.15, 0.2) is 0 Å². The summed E-state index contributed by atoms with van der Waals surface area (Å²) < 4.78 is 5.72. The Kier molecular flexibility index (Phi) is 6.34. The molecule has 0 saturated carbocycles. The molecule has 1 N–H and O–H groups in total. The maximum Gasteiger partial charge on any atom is 0.0576 e. The first kappa shape index (κ1) is 15.8. The topological polar surface area (TPSA) is 21.3 Å². The van der Waals surface area contributed by atoms with Crippen LogP contribution in [0.4, 0.5) is 0 Å². The lowest BCUT2D eigenvalue weighted by Crippen LogP contribution is -2.32. The van der Waals surface area contributed by atoms with Gasteiger partial charge in [-0.1, -0.05) is 30.7 Å². The molecule has 1 aromatic rings. The number of ether oxygens (including phenoxy) is 1. The molecular weight excluding hydrogens is 270 g/mol. The third-order valence-electron chi connectivity index (χ3n) is 4.03. The zero-order chi connectivity index (χ0) is 14.4. The molecule has 0 radical (unpaired) electrons. The Morgan fingerprint density at radius 2 is 2.30 bits per heavy atom. The summed E-state index contributed by atoms with van der Waals surface area (Å²) in [7, 11) is 0. The Labute approximate surface area is 127 Å². The first-order valence-corrected chi connectivity index (χ1v) is 8.17. The molecule has 2 rings (SSSR count). The lowest BCUT2D eigenvalue weighted by atomic mass is 9.98. The van der Waals surface area contributed by atoms with Gasteiger partial charge in [0.05, 0.1) is 6.10 Å².